The molecule has 144 valence electrons. The first-order valence-electron chi connectivity index (χ1n) is 9.78. The van der Waals surface area contributed by atoms with Crippen LogP contribution in [0.2, 0.25) is 0 Å². The minimum atomic E-state index is -0.341. The molecule has 2 N–H and O–H groups in total. The molecule has 6 nitrogen and oxygen atoms in total. The summed E-state index contributed by atoms with van der Waals surface area (Å²) in [6.07, 6.45) is 6.75. The van der Waals surface area contributed by atoms with Crippen LogP contribution in [0.4, 0.5) is 0 Å². The Bertz CT molecular complexity index is 755. The van der Waals surface area contributed by atoms with E-state index in [9.17, 15) is 14.7 Å². The van der Waals surface area contributed by atoms with Crippen molar-refractivity contribution in [1.82, 2.24) is 10.2 Å². The molecule has 0 spiro atoms. The number of allylic oxidation sites excluding steroid dienone is 2. The van der Waals surface area contributed by atoms with Crippen LogP contribution in [-0.4, -0.2) is 48.1 Å². The van der Waals surface area contributed by atoms with Crippen LogP contribution in [-0.2, 0) is 20.7 Å². The standard InChI is InChI=1S/C21H26N2O4/c24-19-7-3-6-14-15(19)8-9-18(14)22-20(25)16-4-1-2-5-17(16)21(26)23-10-12-27-13-11-23/h1-3,6-7,16-18,24H,4-5,8-13H2,(H,22,25). The molecule has 0 bridgehead atoms. The van der Waals surface area contributed by atoms with Gasteiger partial charge >= 0.3 is 0 Å². The number of rotatable bonds is 3. The van der Waals surface area contributed by atoms with E-state index < -0.39 is 0 Å². The molecule has 4 rings (SSSR count). The highest BCUT2D eigenvalue weighted by molar-refractivity contribution is 5.88. The number of phenolic OH excluding ortho intramolecular Hbond substituents is 1. The summed E-state index contributed by atoms with van der Waals surface area (Å²) in [7, 11) is 0. The minimum absolute atomic E-state index is 0.0623. The number of carbonyl (C=O) groups is 2. The molecule has 27 heavy (non-hydrogen) atoms. The van der Waals surface area contributed by atoms with Crippen molar-refractivity contribution in [1.29, 1.82) is 0 Å². The van der Waals surface area contributed by atoms with Crippen LogP contribution in [0.5, 0.6) is 5.75 Å². The molecule has 1 saturated heterocycles. The molecular weight excluding hydrogens is 344 g/mol. The van der Waals surface area contributed by atoms with Crippen LogP contribution < -0.4 is 5.32 Å². The van der Waals surface area contributed by atoms with E-state index >= 15 is 0 Å². The zero-order valence-corrected chi connectivity index (χ0v) is 15.4. The van der Waals surface area contributed by atoms with E-state index in [1.54, 1.807) is 6.07 Å². The van der Waals surface area contributed by atoms with Gasteiger partial charge in [-0.15, -0.1) is 0 Å². The highest BCUT2D eigenvalue weighted by Gasteiger charge is 2.38. The van der Waals surface area contributed by atoms with E-state index in [0.29, 0.717) is 44.9 Å². The molecule has 3 unspecified atom stereocenters. The Morgan fingerprint density at radius 3 is 2.63 bits per heavy atom. The SMILES string of the molecule is O=C(NC1CCc2c(O)cccc21)C1CC=CCC1C(=O)N1CCOCC1. The van der Waals surface area contributed by atoms with Gasteiger partial charge in [0.1, 0.15) is 5.75 Å². The lowest BCUT2D eigenvalue weighted by molar-refractivity contribution is -0.145. The average Bonchev–Trinajstić information content (AvgIpc) is 3.12. The number of ether oxygens (including phenoxy) is 1. The fourth-order valence-corrected chi connectivity index (χ4v) is 4.46. The maximum absolute atomic E-state index is 13.0. The molecule has 1 aliphatic heterocycles. The molecule has 3 atom stereocenters. The molecule has 1 fully saturated rings. The predicted molar refractivity (Wildman–Crippen MR) is 100 cm³/mol. The van der Waals surface area contributed by atoms with E-state index in [-0.39, 0.29) is 29.7 Å². The quantitative estimate of drug-likeness (QED) is 0.797. The molecule has 0 radical (unpaired) electrons. The Kier molecular flexibility index (Phi) is 5.16. The fraction of sp³-hybridized carbons (Fsp3) is 0.524. The summed E-state index contributed by atoms with van der Waals surface area (Å²) in [6.45, 7) is 2.33. The van der Waals surface area contributed by atoms with E-state index in [1.807, 2.05) is 29.2 Å². The van der Waals surface area contributed by atoms with Gasteiger partial charge in [0.05, 0.1) is 31.1 Å². The van der Waals surface area contributed by atoms with E-state index in [4.69, 9.17) is 4.74 Å². The van der Waals surface area contributed by atoms with Crippen molar-refractivity contribution >= 4 is 11.8 Å². The second kappa shape index (κ2) is 7.72. The molecule has 1 heterocycles. The summed E-state index contributed by atoms with van der Waals surface area (Å²) in [5.41, 5.74) is 1.91. The fourth-order valence-electron chi connectivity index (χ4n) is 4.46. The van der Waals surface area contributed by atoms with Gasteiger partial charge in [0.25, 0.3) is 0 Å². The van der Waals surface area contributed by atoms with Crippen LogP contribution in [0.1, 0.15) is 36.4 Å². The molecule has 2 amide bonds. The smallest absolute Gasteiger partial charge is 0.226 e. The summed E-state index contributed by atoms with van der Waals surface area (Å²) in [4.78, 5) is 27.8. The lowest BCUT2D eigenvalue weighted by Crippen LogP contribution is -2.48. The number of amides is 2. The number of hydrogen-bond donors (Lipinski definition) is 2. The van der Waals surface area contributed by atoms with Gasteiger partial charge in [0.2, 0.25) is 11.8 Å². The zero-order chi connectivity index (χ0) is 18.8. The lowest BCUT2D eigenvalue weighted by Gasteiger charge is -2.34. The Hall–Kier alpha value is -2.34. The number of benzene rings is 1. The van der Waals surface area contributed by atoms with E-state index in [1.165, 1.54) is 0 Å². The molecule has 3 aliphatic rings. The highest BCUT2D eigenvalue weighted by atomic mass is 16.5. The molecule has 1 aromatic rings. The minimum Gasteiger partial charge on any atom is -0.508 e. The van der Waals surface area contributed by atoms with Gasteiger partial charge in [0.15, 0.2) is 0 Å². The maximum atomic E-state index is 13.0. The molecule has 1 aromatic carbocycles. The summed E-state index contributed by atoms with van der Waals surface area (Å²) >= 11 is 0. The zero-order valence-electron chi connectivity index (χ0n) is 15.4. The third kappa shape index (κ3) is 3.58. The third-order valence-corrected chi connectivity index (χ3v) is 5.97. The van der Waals surface area contributed by atoms with Crippen molar-refractivity contribution in [2.24, 2.45) is 11.8 Å². The predicted octanol–water partition coefficient (Wildman–Crippen LogP) is 1.94. The van der Waals surface area contributed by atoms with Gasteiger partial charge in [-0.25, -0.2) is 0 Å². The second-order valence-corrected chi connectivity index (χ2v) is 7.54. The second-order valence-electron chi connectivity index (χ2n) is 7.54. The first-order chi connectivity index (χ1) is 13.1. The van der Waals surface area contributed by atoms with Gasteiger partial charge in [-0.3, -0.25) is 9.59 Å². The summed E-state index contributed by atoms with van der Waals surface area (Å²) in [5.74, 6) is -0.352. The van der Waals surface area contributed by atoms with E-state index in [0.717, 1.165) is 24.0 Å². The number of nitrogens with one attached hydrogen (secondary N) is 1. The van der Waals surface area contributed by atoms with Crippen LogP contribution >= 0.6 is 0 Å². The van der Waals surface area contributed by atoms with Crippen LogP contribution in [0.25, 0.3) is 0 Å². The third-order valence-electron chi connectivity index (χ3n) is 5.97. The number of carbonyl (C=O) groups excluding carboxylic acids is 2. The number of hydrogen-bond acceptors (Lipinski definition) is 4. The van der Waals surface area contributed by atoms with Crippen LogP contribution in [0, 0.1) is 11.8 Å². The van der Waals surface area contributed by atoms with Gasteiger partial charge < -0.3 is 20.1 Å². The Labute approximate surface area is 159 Å². The van der Waals surface area contributed by atoms with Gasteiger partial charge in [-0.1, -0.05) is 24.3 Å². The Morgan fingerprint density at radius 2 is 1.85 bits per heavy atom. The molecule has 0 saturated carbocycles. The molecule has 6 heteroatoms. The molecule has 2 aliphatic carbocycles. The normalized spacial score (nSPS) is 27.3. The van der Waals surface area contributed by atoms with E-state index in [2.05, 4.69) is 5.32 Å². The molecule has 0 aromatic heterocycles. The van der Waals surface area contributed by atoms with Gasteiger partial charge in [-0.05, 0) is 42.9 Å². The number of phenols is 1. The summed E-state index contributed by atoms with van der Waals surface area (Å²) < 4.78 is 5.34. The molecular formula is C21H26N2O4. The maximum Gasteiger partial charge on any atom is 0.226 e. The van der Waals surface area contributed by atoms with Crippen molar-refractivity contribution in [3.05, 3.63) is 41.5 Å². The number of nitrogens with zero attached hydrogens (tertiary/aromatic N) is 1. The highest BCUT2D eigenvalue weighted by Crippen LogP contribution is 2.37. The first-order valence-corrected chi connectivity index (χ1v) is 9.78. The van der Waals surface area contributed by atoms with Gasteiger partial charge in [0, 0.05) is 13.1 Å². The van der Waals surface area contributed by atoms with Crippen LogP contribution in [0.3, 0.4) is 0 Å². The van der Waals surface area contributed by atoms with Crippen molar-refractivity contribution in [3.8, 4) is 5.75 Å². The summed E-state index contributed by atoms with van der Waals surface area (Å²) in [6, 6.07) is 5.37. The largest absolute Gasteiger partial charge is 0.508 e. The monoisotopic (exact) mass is 370 g/mol. The summed E-state index contributed by atoms with van der Waals surface area (Å²) in [5, 5.41) is 13.1. The first kappa shape index (κ1) is 18.0. The lowest BCUT2D eigenvalue weighted by atomic mass is 9.81. The van der Waals surface area contributed by atoms with Crippen molar-refractivity contribution in [3.63, 3.8) is 0 Å². The van der Waals surface area contributed by atoms with Crippen molar-refractivity contribution in [2.75, 3.05) is 26.3 Å². The number of morpholine rings is 1. The average molecular weight is 370 g/mol. The number of fused-ring (bicyclic) bond motifs is 1. The Morgan fingerprint density at radius 1 is 1.11 bits per heavy atom. The van der Waals surface area contributed by atoms with Crippen molar-refractivity contribution in [2.45, 2.75) is 31.7 Å². The topological polar surface area (TPSA) is 78.9 Å². The Balaban J connectivity index is 1.46. The van der Waals surface area contributed by atoms with Crippen LogP contribution in [0.15, 0.2) is 30.4 Å². The van der Waals surface area contributed by atoms with Crippen molar-refractivity contribution < 1.29 is 19.4 Å². The van der Waals surface area contributed by atoms with Gasteiger partial charge in [-0.2, -0.15) is 0 Å². The number of aromatic hydroxyl groups is 1.